The standard InChI is InChI=1S/C32H67NO8Si3/c1-14-17-27-43(10,11)40-31(6,7)44(12,13)41-32(15-2,16-3)42(8,9)26-18-20-36-22-23-37-24-25-39-30(35)33-19-21-38-29(34)28(4)5/h4,14-27H2,1-3,5-13H3,(H,33,35). The van der Waals surface area contributed by atoms with Crippen LogP contribution in [0.15, 0.2) is 12.2 Å². The molecule has 12 heteroatoms. The van der Waals surface area contributed by atoms with E-state index < -0.39 is 36.8 Å². The molecule has 0 rings (SSSR count). The number of rotatable bonds is 25. The molecule has 1 amide bonds. The number of unbranched alkanes of at least 4 members (excludes halogenated alkanes) is 1. The maximum atomic E-state index is 11.7. The van der Waals surface area contributed by atoms with Crippen molar-refractivity contribution in [3.05, 3.63) is 12.2 Å². The predicted octanol–water partition coefficient (Wildman–Crippen LogP) is 7.62. The second-order valence-corrected chi connectivity index (χ2v) is 27.8. The number of carbonyl (C=O) groups excluding carboxylic acids is 2. The average molecular weight is 678 g/mol. The maximum Gasteiger partial charge on any atom is 0.407 e. The normalized spacial score (nSPS) is 13.1. The highest BCUT2D eigenvalue weighted by Gasteiger charge is 2.53. The van der Waals surface area contributed by atoms with Crippen molar-refractivity contribution < 1.29 is 37.4 Å². The molecule has 0 saturated heterocycles. The Balaban J connectivity index is 4.56. The second-order valence-electron chi connectivity index (χ2n) is 14.0. The molecule has 9 nitrogen and oxygen atoms in total. The zero-order valence-electron chi connectivity index (χ0n) is 30.4. The first kappa shape index (κ1) is 43.0. The lowest BCUT2D eigenvalue weighted by molar-refractivity contribution is -0.138. The van der Waals surface area contributed by atoms with Gasteiger partial charge < -0.3 is 33.1 Å². The zero-order chi connectivity index (χ0) is 34.1. The van der Waals surface area contributed by atoms with Gasteiger partial charge in [-0.25, -0.2) is 9.59 Å². The number of hydrogen-bond donors (Lipinski definition) is 1. The number of hydrogen-bond acceptors (Lipinski definition) is 8. The van der Waals surface area contributed by atoms with E-state index >= 15 is 0 Å². The minimum Gasteiger partial charge on any atom is -0.460 e. The molecular formula is C32H67NO8Si3. The Labute approximate surface area is 272 Å². The Morgan fingerprint density at radius 2 is 1.32 bits per heavy atom. The third kappa shape index (κ3) is 15.5. The van der Waals surface area contributed by atoms with Gasteiger partial charge in [-0.1, -0.05) is 59.3 Å². The number of amides is 1. The fraction of sp³-hybridized carbons (Fsp3) is 0.875. The minimum absolute atomic E-state index is 0.0605. The van der Waals surface area contributed by atoms with Crippen LogP contribution in [0.25, 0.3) is 0 Å². The van der Waals surface area contributed by atoms with Gasteiger partial charge in [-0.05, 0) is 72.3 Å². The smallest absolute Gasteiger partial charge is 0.407 e. The summed E-state index contributed by atoms with van der Waals surface area (Å²) >= 11 is 0. The van der Waals surface area contributed by atoms with Crippen molar-refractivity contribution in [3.63, 3.8) is 0 Å². The molecule has 0 aromatic heterocycles. The van der Waals surface area contributed by atoms with Crippen molar-refractivity contribution >= 4 is 36.8 Å². The van der Waals surface area contributed by atoms with Crippen LogP contribution in [0.1, 0.15) is 73.6 Å². The highest BCUT2D eigenvalue weighted by atomic mass is 28.4. The van der Waals surface area contributed by atoms with E-state index in [0.717, 1.165) is 25.3 Å². The van der Waals surface area contributed by atoms with E-state index in [1.807, 2.05) is 0 Å². The van der Waals surface area contributed by atoms with Crippen LogP contribution in [0.3, 0.4) is 0 Å². The van der Waals surface area contributed by atoms with E-state index in [2.05, 4.69) is 85.8 Å². The molecule has 260 valence electrons. The van der Waals surface area contributed by atoms with Crippen molar-refractivity contribution in [2.45, 2.75) is 135 Å². The van der Waals surface area contributed by atoms with Gasteiger partial charge in [0.15, 0.2) is 8.32 Å². The van der Waals surface area contributed by atoms with Crippen LogP contribution in [0, 0.1) is 0 Å². The molecule has 0 spiro atoms. The summed E-state index contributed by atoms with van der Waals surface area (Å²) in [4.78, 5) is 22.9. The van der Waals surface area contributed by atoms with Crippen molar-refractivity contribution in [2.75, 3.05) is 46.2 Å². The first-order valence-electron chi connectivity index (χ1n) is 16.6. The highest BCUT2D eigenvalue weighted by Crippen LogP contribution is 2.42. The molecule has 0 atom stereocenters. The molecule has 0 heterocycles. The second kappa shape index (κ2) is 20.3. The van der Waals surface area contributed by atoms with E-state index in [1.54, 1.807) is 6.92 Å². The number of alkyl carbamates (subject to hydrolysis) is 1. The van der Waals surface area contributed by atoms with Gasteiger partial charge in [0.2, 0.25) is 8.32 Å². The van der Waals surface area contributed by atoms with Crippen LogP contribution in [0.4, 0.5) is 4.79 Å². The summed E-state index contributed by atoms with van der Waals surface area (Å²) in [5.74, 6) is -0.486. The van der Waals surface area contributed by atoms with Crippen LogP contribution in [-0.2, 0) is 32.6 Å². The van der Waals surface area contributed by atoms with Gasteiger partial charge in [-0.3, -0.25) is 0 Å². The number of esters is 1. The lowest BCUT2D eigenvalue weighted by Gasteiger charge is -2.53. The minimum atomic E-state index is -2.22. The first-order valence-corrected chi connectivity index (χ1v) is 25.8. The Kier molecular flexibility index (Phi) is 19.8. The summed E-state index contributed by atoms with van der Waals surface area (Å²) in [5, 5.41) is 2.16. The van der Waals surface area contributed by atoms with Gasteiger partial charge in [-0.2, -0.15) is 0 Å². The Bertz CT molecular complexity index is 860. The molecule has 0 aromatic rings. The molecule has 0 radical (unpaired) electrons. The fourth-order valence-electron chi connectivity index (χ4n) is 5.40. The third-order valence-corrected chi connectivity index (χ3v) is 20.6. The van der Waals surface area contributed by atoms with Gasteiger partial charge in [-0.15, -0.1) is 0 Å². The van der Waals surface area contributed by atoms with Crippen LogP contribution < -0.4 is 5.32 Å². The lowest BCUT2D eigenvalue weighted by Crippen LogP contribution is -2.66. The Morgan fingerprint density at radius 3 is 1.86 bits per heavy atom. The first-order chi connectivity index (χ1) is 20.3. The fourth-order valence-corrected chi connectivity index (χ4v) is 16.7. The highest BCUT2D eigenvalue weighted by molar-refractivity contribution is 6.83. The summed E-state index contributed by atoms with van der Waals surface area (Å²) in [5.41, 5.74) is 0.314. The van der Waals surface area contributed by atoms with Crippen molar-refractivity contribution in [3.8, 4) is 0 Å². The molecule has 0 aliphatic carbocycles. The largest absolute Gasteiger partial charge is 0.460 e. The summed E-state index contributed by atoms with van der Waals surface area (Å²) in [6.45, 7) is 33.1. The summed E-state index contributed by atoms with van der Waals surface area (Å²) in [6.07, 6.45) is 4.88. The van der Waals surface area contributed by atoms with E-state index in [1.165, 1.54) is 18.9 Å². The molecule has 0 aliphatic rings. The van der Waals surface area contributed by atoms with E-state index in [4.69, 9.17) is 27.8 Å². The van der Waals surface area contributed by atoms with Gasteiger partial charge in [0.1, 0.15) is 13.2 Å². The molecular weight excluding hydrogens is 611 g/mol. The number of carbonyl (C=O) groups is 2. The van der Waals surface area contributed by atoms with E-state index in [0.29, 0.717) is 25.4 Å². The Morgan fingerprint density at radius 1 is 0.750 bits per heavy atom. The predicted molar refractivity (Wildman–Crippen MR) is 188 cm³/mol. The van der Waals surface area contributed by atoms with Gasteiger partial charge >= 0.3 is 12.1 Å². The van der Waals surface area contributed by atoms with Gasteiger partial charge in [0.05, 0.1) is 39.7 Å². The summed E-state index contributed by atoms with van der Waals surface area (Å²) < 4.78 is 35.7. The molecule has 0 bridgehead atoms. The maximum absolute atomic E-state index is 11.7. The van der Waals surface area contributed by atoms with E-state index in [9.17, 15) is 9.59 Å². The lowest BCUT2D eigenvalue weighted by atomic mass is 10.2. The van der Waals surface area contributed by atoms with Crippen molar-refractivity contribution in [2.24, 2.45) is 0 Å². The monoisotopic (exact) mass is 677 g/mol. The van der Waals surface area contributed by atoms with E-state index in [-0.39, 0.29) is 36.8 Å². The van der Waals surface area contributed by atoms with Crippen LogP contribution in [0.5, 0.6) is 0 Å². The number of ether oxygens (including phenoxy) is 4. The summed E-state index contributed by atoms with van der Waals surface area (Å²) in [6, 6.07) is 2.32. The van der Waals surface area contributed by atoms with Gasteiger partial charge in [0, 0.05) is 17.4 Å². The summed E-state index contributed by atoms with van der Waals surface area (Å²) in [7, 11) is -5.80. The quantitative estimate of drug-likeness (QED) is 0.0456. The Hall–Kier alpha value is -1.03. The van der Waals surface area contributed by atoms with Crippen molar-refractivity contribution in [1.29, 1.82) is 0 Å². The average Bonchev–Trinajstić information content (AvgIpc) is 2.92. The van der Waals surface area contributed by atoms with Crippen LogP contribution in [-0.4, -0.2) is 93.4 Å². The topological polar surface area (TPSA) is 102 Å². The SMILES string of the molecule is C=C(C)C(=O)OCCNC(=O)OCCOCCOCCC[Si](C)(C)C(CC)(CC)O[Si](C)(C)C(C)(C)O[Si](C)(C)CCCC. The van der Waals surface area contributed by atoms with Crippen LogP contribution >= 0.6 is 0 Å². The molecule has 0 unspecified atom stereocenters. The molecule has 0 aromatic carbocycles. The van der Waals surface area contributed by atoms with Gasteiger partial charge in [0.25, 0.3) is 0 Å². The number of nitrogens with one attached hydrogen (secondary N) is 1. The molecule has 0 saturated carbocycles. The molecule has 44 heavy (non-hydrogen) atoms. The molecule has 0 aliphatic heterocycles. The van der Waals surface area contributed by atoms with Crippen molar-refractivity contribution in [1.82, 2.24) is 5.32 Å². The molecule has 1 N–H and O–H groups in total. The van der Waals surface area contributed by atoms with Crippen LogP contribution in [0.2, 0.25) is 51.4 Å². The third-order valence-electron chi connectivity index (χ3n) is 8.82. The zero-order valence-corrected chi connectivity index (χ0v) is 33.4. The molecule has 0 fully saturated rings.